The molecule has 38 heavy (non-hydrogen) atoms. The summed E-state index contributed by atoms with van der Waals surface area (Å²) in [4.78, 5) is 13.6. The van der Waals surface area contributed by atoms with Crippen LogP contribution in [0.2, 0.25) is 5.02 Å². The maximum absolute atomic E-state index is 11.1. The number of rotatable bonds is 8. The van der Waals surface area contributed by atoms with Crippen molar-refractivity contribution in [1.82, 2.24) is 4.90 Å². The number of likely N-dealkylation sites (tertiary alicyclic amines) is 1. The lowest BCUT2D eigenvalue weighted by Crippen LogP contribution is -2.40. The quantitative estimate of drug-likeness (QED) is 0.320. The van der Waals surface area contributed by atoms with E-state index in [0.717, 1.165) is 59.9 Å². The molecule has 2 aliphatic rings. The van der Waals surface area contributed by atoms with Crippen LogP contribution < -0.4 is 4.74 Å². The van der Waals surface area contributed by atoms with Gasteiger partial charge in [-0.05, 0) is 78.9 Å². The summed E-state index contributed by atoms with van der Waals surface area (Å²) in [5, 5.41) is 9.90. The summed E-state index contributed by atoms with van der Waals surface area (Å²) in [6.45, 7) is 5.07. The van der Waals surface area contributed by atoms with Gasteiger partial charge < -0.3 is 9.84 Å². The Labute approximate surface area is 229 Å². The summed E-state index contributed by atoms with van der Waals surface area (Å²) in [6, 6.07) is 22.4. The van der Waals surface area contributed by atoms with Crippen LogP contribution in [-0.4, -0.2) is 29.1 Å². The van der Waals surface area contributed by atoms with Crippen LogP contribution in [0.4, 0.5) is 0 Å². The molecular formula is C33H32ClNO3. The van der Waals surface area contributed by atoms with Crippen LogP contribution in [0, 0.1) is 11.8 Å². The molecule has 0 saturated carbocycles. The van der Waals surface area contributed by atoms with Crippen LogP contribution in [0.25, 0.3) is 6.08 Å². The first-order valence-corrected chi connectivity index (χ1v) is 13.5. The minimum Gasteiger partial charge on any atom is -0.489 e. The van der Waals surface area contributed by atoms with Crippen molar-refractivity contribution in [2.24, 2.45) is 0 Å². The van der Waals surface area contributed by atoms with Gasteiger partial charge in [0.1, 0.15) is 12.4 Å². The predicted octanol–water partition coefficient (Wildman–Crippen LogP) is 7.06. The van der Waals surface area contributed by atoms with E-state index in [-0.39, 0.29) is 17.8 Å². The van der Waals surface area contributed by atoms with Gasteiger partial charge >= 0.3 is 5.97 Å². The molecule has 1 saturated heterocycles. The molecule has 1 aliphatic heterocycles. The average molecular weight is 526 g/mol. The molecule has 4 nitrogen and oxygen atoms in total. The minimum atomic E-state index is -0.862. The Hall–Kier alpha value is -3.52. The Balaban J connectivity index is 1.15. The lowest BCUT2D eigenvalue weighted by atomic mass is 9.74. The summed E-state index contributed by atoms with van der Waals surface area (Å²) in [5.41, 5.74) is 6.06. The van der Waals surface area contributed by atoms with Crippen LogP contribution in [-0.2, 0) is 23.4 Å². The standard InChI is InChI=1S/C33H32ClNO3/c1-2-5-27(21-32(36)37)25-10-12-29(13-11-25)38-23-24-8-9-28(31(34)20-24)22-35-18-16-33(17-19-35)15-14-26-6-3-4-7-30(26)33/h3-4,6-15,20,27H,16-19,21-23H2,1H3,(H,36,37). The van der Waals surface area contributed by atoms with Crippen LogP contribution >= 0.6 is 11.6 Å². The van der Waals surface area contributed by atoms with Crippen molar-refractivity contribution in [3.05, 3.63) is 106 Å². The average Bonchev–Trinajstić information content (AvgIpc) is 3.28. The lowest BCUT2D eigenvalue weighted by molar-refractivity contribution is -0.137. The lowest BCUT2D eigenvalue weighted by Gasteiger charge is -2.39. The largest absolute Gasteiger partial charge is 0.489 e. The van der Waals surface area contributed by atoms with Crippen molar-refractivity contribution in [1.29, 1.82) is 0 Å². The summed E-state index contributed by atoms with van der Waals surface area (Å²) >= 11 is 6.69. The highest BCUT2D eigenvalue weighted by molar-refractivity contribution is 6.31. The fourth-order valence-electron chi connectivity index (χ4n) is 5.59. The first-order valence-electron chi connectivity index (χ1n) is 13.1. The van der Waals surface area contributed by atoms with E-state index in [2.05, 4.69) is 65.3 Å². The molecule has 1 fully saturated rings. The van der Waals surface area contributed by atoms with E-state index in [1.54, 1.807) is 6.92 Å². The second-order valence-electron chi connectivity index (χ2n) is 10.2. The molecule has 0 aromatic heterocycles. The minimum absolute atomic E-state index is 0.0187. The molecule has 194 valence electrons. The third kappa shape index (κ3) is 5.80. The van der Waals surface area contributed by atoms with Gasteiger partial charge in [0.25, 0.3) is 0 Å². The number of carboxylic acids is 1. The first-order chi connectivity index (χ1) is 18.5. The van der Waals surface area contributed by atoms with Gasteiger partial charge in [-0.25, -0.2) is 0 Å². The Morgan fingerprint density at radius 2 is 1.87 bits per heavy atom. The summed E-state index contributed by atoms with van der Waals surface area (Å²) in [7, 11) is 0. The highest BCUT2D eigenvalue weighted by Gasteiger charge is 2.37. The van der Waals surface area contributed by atoms with E-state index < -0.39 is 5.97 Å². The SMILES string of the molecule is CC#CC(CC(=O)O)c1ccc(OCc2ccc(CN3CCC4(C=Cc5ccccc54)CC3)c(Cl)c2)cc1. The van der Waals surface area contributed by atoms with Crippen molar-refractivity contribution in [3.8, 4) is 17.6 Å². The van der Waals surface area contributed by atoms with Gasteiger partial charge in [-0.3, -0.25) is 9.69 Å². The zero-order valence-corrected chi connectivity index (χ0v) is 22.4. The van der Waals surface area contributed by atoms with Crippen LogP contribution in [0.1, 0.15) is 59.9 Å². The number of carbonyl (C=O) groups is 1. The molecular weight excluding hydrogens is 494 g/mol. The van der Waals surface area contributed by atoms with Gasteiger partial charge in [-0.2, -0.15) is 0 Å². The highest BCUT2D eigenvalue weighted by atomic mass is 35.5. The third-order valence-corrected chi connectivity index (χ3v) is 8.08. The Bertz CT molecular complexity index is 1390. The molecule has 1 unspecified atom stereocenters. The molecule has 5 rings (SSSR count). The van der Waals surface area contributed by atoms with E-state index in [9.17, 15) is 4.79 Å². The van der Waals surface area contributed by atoms with Crippen LogP contribution in [0.5, 0.6) is 5.75 Å². The molecule has 0 amide bonds. The number of piperidine rings is 1. The number of carboxylic acid groups (broad SMARTS) is 1. The number of fused-ring (bicyclic) bond motifs is 2. The highest BCUT2D eigenvalue weighted by Crippen LogP contribution is 2.43. The van der Waals surface area contributed by atoms with Gasteiger partial charge in [-0.1, -0.05) is 78.2 Å². The second kappa shape index (κ2) is 11.5. The van der Waals surface area contributed by atoms with Crippen molar-refractivity contribution in [2.45, 2.75) is 50.7 Å². The molecule has 1 aliphatic carbocycles. The fourth-order valence-corrected chi connectivity index (χ4v) is 5.86. The smallest absolute Gasteiger partial charge is 0.304 e. The number of aliphatic carboxylic acids is 1. The number of nitrogens with zero attached hydrogens (tertiary/aromatic N) is 1. The summed E-state index contributed by atoms with van der Waals surface area (Å²) < 4.78 is 5.97. The maximum atomic E-state index is 11.1. The van der Waals surface area contributed by atoms with E-state index >= 15 is 0 Å². The van der Waals surface area contributed by atoms with Gasteiger partial charge in [0, 0.05) is 17.0 Å². The molecule has 5 heteroatoms. The second-order valence-corrected chi connectivity index (χ2v) is 10.6. The summed E-state index contributed by atoms with van der Waals surface area (Å²) in [6.07, 6.45) is 6.94. The Morgan fingerprint density at radius 1 is 1.11 bits per heavy atom. The normalized spacial score (nSPS) is 16.5. The molecule has 0 radical (unpaired) electrons. The van der Waals surface area contributed by atoms with Crippen molar-refractivity contribution < 1.29 is 14.6 Å². The van der Waals surface area contributed by atoms with Crippen LogP contribution in [0.3, 0.4) is 0 Å². The van der Waals surface area contributed by atoms with Crippen molar-refractivity contribution in [2.75, 3.05) is 13.1 Å². The summed E-state index contributed by atoms with van der Waals surface area (Å²) in [5.74, 6) is 5.33. The van der Waals surface area contributed by atoms with E-state index in [4.69, 9.17) is 21.4 Å². The molecule has 1 N–H and O–H groups in total. The van der Waals surface area contributed by atoms with Gasteiger partial charge in [-0.15, -0.1) is 5.92 Å². The zero-order valence-electron chi connectivity index (χ0n) is 21.6. The van der Waals surface area contributed by atoms with Gasteiger partial charge in [0.2, 0.25) is 0 Å². The Morgan fingerprint density at radius 3 is 2.58 bits per heavy atom. The van der Waals surface area contributed by atoms with Gasteiger partial charge in [0.15, 0.2) is 0 Å². The monoisotopic (exact) mass is 525 g/mol. The molecule has 1 heterocycles. The number of halogens is 1. The topological polar surface area (TPSA) is 49.8 Å². The Kier molecular flexibility index (Phi) is 7.88. The number of allylic oxidation sites excluding steroid dienone is 1. The van der Waals surface area contributed by atoms with E-state index in [1.807, 2.05) is 30.3 Å². The molecule has 0 bridgehead atoms. The van der Waals surface area contributed by atoms with Crippen molar-refractivity contribution >= 4 is 23.6 Å². The molecule has 3 aromatic carbocycles. The molecule has 1 atom stereocenters. The number of benzene rings is 3. The number of ether oxygens (including phenoxy) is 1. The van der Waals surface area contributed by atoms with E-state index in [1.165, 1.54) is 11.1 Å². The maximum Gasteiger partial charge on any atom is 0.304 e. The number of hydrogen-bond donors (Lipinski definition) is 1. The van der Waals surface area contributed by atoms with Crippen LogP contribution in [0.15, 0.2) is 72.8 Å². The first kappa shape index (κ1) is 26.1. The number of hydrogen-bond acceptors (Lipinski definition) is 3. The van der Waals surface area contributed by atoms with Crippen molar-refractivity contribution in [3.63, 3.8) is 0 Å². The zero-order chi connectivity index (χ0) is 26.5. The molecule has 3 aromatic rings. The van der Waals surface area contributed by atoms with E-state index in [0.29, 0.717) is 6.61 Å². The predicted molar refractivity (Wildman–Crippen MR) is 152 cm³/mol. The molecule has 1 spiro atoms. The third-order valence-electron chi connectivity index (χ3n) is 7.72. The van der Waals surface area contributed by atoms with Gasteiger partial charge in [0.05, 0.1) is 12.3 Å². The fraction of sp³-hybridized carbons (Fsp3) is 0.303.